The van der Waals surface area contributed by atoms with E-state index in [0.29, 0.717) is 34.3 Å². The van der Waals surface area contributed by atoms with Gasteiger partial charge in [-0.25, -0.2) is 22.1 Å². The molecule has 0 radical (unpaired) electrons. The Morgan fingerprint density at radius 3 is 2.87 bits per heavy atom. The molecule has 0 bridgehead atoms. The molecule has 9 nitrogen and oxygen atoms in total. The monoisotopic (exact) mass is 455 g/mol. The number of hydrogen-bond donors (Lipinski definition) is 3. The molecule has 3 rings (SSSR count). The van der Waals surface area contributed by atoms with Crippen molar-refractivity contribution >= 4 is 39.2 Å². The lowest BCUT2D eigenvalue weighted by molar-refractivity contribution is 0.101. The number of pyridine rings is 1. The number of hydrogen-bond acceptors (Lipinski definition) is 6. The van der Waals surface area contributed by atoms with Crippen LogP contribution in [0.5, 0.6) is 5.75 Å². The SMILES string of the molecule is CN(C(=N)N)S(=O)(=O)CC1CCOc2ccc(NC(=O)c3ncc(Cl)cc3F)cc21. The van der Waals surface area contributed by atoms with Crippen molar-refractivity contribution in [3.8, 4) is 5.75 Å². The van der Waals surface area contributed by atoms with Crippen LogP contribution < -0.4 is 15.8 Å². The second-order valence-electron chi connectivity index (χ2n) is 6.66. The summed E-state index contributed by atoms with van der Waals surface area (Å²) in [4.78, 5) is 16.1. The van der Waals surface area contributed by atoms with Crippen LogP contribution in [0.25, 0.3) is 0 Å². The molecule has 1 unspecified atom stereocenters. The van der Waals surface area contributed by atoms with Crippen LogP contribution in [0.2, 0.25) is 5.02 Å². The summed E-state index contributed by atoms with van der Waals surface area (Å²) >= 11 is 5.65. The van der Waals surface area contributed by atoms with Crippen LogP contribution in [-0.4, -0.2) is 49.0 Å². The van der Waals surface area contributed by atoms with Gasteiger partial charge in [0.15, 0.2) is 11.5 Å². The molecule has 2 aromatic rings. The van der Waals surface area contributed by atoms with Crippen LogP contribution >= 0.6 is 11.6 Å². The smallest absolute Gasteiger partial charge is 0.277 e. The number of rotatable bonds is 5. The maximum atomic E-state index is 13.9. The molecular weight excluding hydrogens is 437 g/mol. The number of carbonyl (C=O) groups excluding carboxylic acids is 1. The summed E-state index contributed by atoms with van der Waals surface area (Å²) in [6, 6.07) is 5.72. The molecular formula is C18H19ClFN5O4S. The highest BCUT2D eigenvalue weighted by molar-refractivity contribution is 7.89. The summed E-state index contributed by atoms with van der Waals surface area (Å²) in [7, 11) is -2.61. The van der Waals surface area contributed by atoms with Gasteiger partial charge in [0.05, 0.1) is 17.4 Å². The first-order valence-corrected chi connectivity index (χ1v) is 10.8. The molecule has 2 heterocycles. The van der Waals surface area contributed by atoms with Crippen molar-refractivity contribution in [3.05, 3.63) is 52.6 Å². The van der Waals surface area contributed by atoms with E-state index in [1.54, 1.807) is 18.2 Å². The van der Waals surface area contributed by atoms with Crippen LogP contribution in [-0.2, 0) is 10.0 Å². The second-order valence-corrected chi connectivity index (χ2v) is 9.14. The van der Waals surface area contributed by atoms with Gasteiger partial charge in [0.1, 0.15) is 5.75 Å². The standard InChI is InChI=1S/C18H19ClFN5O4S/c1-25(18(21)22)30(27,28)9-10-4-5-29-15-3-2-12(7-13(10)15)24-17(26)16-14(20)6-11(19)8-23-16/h2-3,6-8,10H,4-5,9H2,1H3,(H3,21,22)(H,24,26). The van der Waals surface area contributed by atoms with Gasteiger partial charge in [-0.3, -0.25) is 10.2 Å². The van der Waals surface area contributed by atoms with Gasteiger partial charge >= 0.3 is 0 Å². The average Bonchev–Trinajstić information content (AvgIpc) is 2.67. The Morgan fingerprint density at radius 1 is 1.47 bits per heavy atom. The third-order valence-corrected chi connectivity index (χ3v) is 6.68. The highest BCUT2D eigenvalue weighted by Gasteiger charge is 2.30. The van der Waals surface area contributed by atoms with E-state index in [1.165, 1.54) is 7.05 Å². The third-order valence-electron chi connectivity index (χ3n) is 4.62. The van der Waals surface area contributed by atoms with Crippen LogP contribution in [0, 0.1) is 11.2 Å². The van der Waals surface area contributed by atoms with E-state index in [2.05, 4.69) is 10.3 Å². The molecule has 12 heteroatoms. The van der Waals surface area contributed by atoms with Crippen molar-refractivity contribution in [3.63, 3.8) is 0 Å². The van der Waals surface area contributed by atoms with Crippen molar-refractivity contribution in [2.75, 3.05) is 24.7 Å². The molecule has 0 fully saturated rings. The number of fused-ring (bicyclic) bond motifs is 1. The summed E-state index contributed by atoms with van der Waals surface area (Å²) in [6.45, 7) is 0.322. The minimum Gasteiger partial charge on any atom is -0.493 e. The normalized spacial score (nSPS) is 15.6. The molecule has 0 saturated carbocycles. The number of guanidine groups is 1. The van der Waals surface area contributed by atoms with Gasteiger partial charge in [0, 0.05) is 30.4 Å². The van der Waals surface area contributed by atoms with Crippen molar-refractivity contribution in [1.82, 2.24) is 9.29 Å². The Kier molecular flexibility index (Phi) is 6.13. The number of carbonyl (C=O) groups is 1. The van der Waals surface area contributed by atoms with Gasteiger partial charge < -0.3 is 15.8 Å². The highest BCUT2D eigenvalue weighted by Crippen LogP contribution is 2.36. The van der Waals surface area contributed by atoms with Crippen LogP contribution in [0.15, 0.2) is 30.5 Å². The number of halogens is 2. The molecule has 4 N–H and O–H groups in total. The number of nitrogens with zero attached hydrogens (tertiary/aromatic N) is 2. The summed E-state index contributed by atoms with van der Waals surface area (Å²) in [6.07, 6.45) is 1.58. The predicted octanol–water partition coefficient (Wildman–Crippen LogP) is 2.15. The number of ether oxygens (including phenoxy) is 1. The molecule has 1 aromatic heterocycles. The third kappa shape index (κ3) is 4.62. The molecule has 0 saturated heterocycles. The van der Waals surface area contributed by atoms with E-state index in [4.69, 9.17) is 27.5 Å². The number of nitrogens with two attached hydrogens (primary N) is 1. The molecule has 30 heavy (non-hydrogen) atoms. The first-order chi connectivity index (χ1) is 14.1. The van der Waals surface area contributed by atoms with E-state index < -0.39 is 39.3 Å². The zero-order valence-electron chi connectivity index (χ0n) is 15.9. The number of aromatic nitrogens is 1. The Labute approximate surface area is 177 Å². The second kappa shape index (κ2) is 8.44. The van der Waals surface area contributed by atoms with Crippen molar-refractivity contribution in [2.45, 2.75) is 12.3 Å². The first kappa shape index (κ1) is 21.8. The summed E-state index contributed by atoms with van der Waals surface area (Å²) in [5.41, 5.74) is 5.77. The van der Waals surface area contributed by atoms with Gasteiger partial charge in [-0.05, 0) is 30.7 Å². The quantitative estimate of drug-likeness (QED) is 0.466. The molecule has 160 valence electrons. The Balaban J connectivity index is 1.85. The Bertz CT molecular complexity index is 1110. The average molecular weight is 456 g/mol. The van der Waals surface area contributed by atoms with E-state index >= 15 is 0 Å². The fraction of sp³-hybridized carbons (Fsp3) is 0.278. The minimum atomic E-state index is -3.82. The Hall–Kier alpha value is -2.92. The molecule has 0 aliphatic carbocycles. The van der Waals surface area contributed by atoms with Crippen molar-refractivity contribution in [2.24, 2.45) is 5.73 Å². The maximum Gasteiger partial charge on any atom is 0.277 e. The fourth-order valence-electron chi connectivity index (χ4n) is 3.00. The van der Waals surface area contributed by atoms with Gasteiger partial charge in [0.2, 0.25) is 16.0 Å². The molecule has 1 aliphatic rings. The van der Waals surface area contributed by atoms with Gasteiger partial charge in [-0.15, -0.1) is 0 Å². The molecule has 1 atom stereocenters. The summed E-state index contributed by atoms with van der Waals surface area (Å²) in [5.74, 6) is -2.47. The minimum absolute atomic E-state index is 0.0644. The van der Waals surface area contributed by atoms with Gasteiger partial charge in [-0.2, -0.15) is 0 Å². The summed E-state index contributed by atoms with van der Waals surface area (Å²) < 4.78 is 45.2. The molecule has 1 aromatic carbocycles. The number of benzene rings is 1. The maximum absolute atomic E-state index is 13.9. The molecule has 0 spiro atoms. The largest absolute Gasteiger partial charge is 0.493 e. The van der Waals surface area contributed by atoms with Crippen molar-refractivity contribution in [1.29, 1.82) is 5.41 Å². The lowest BCUT2D eigenvalue weighted by Crippen LogP contribution is -2.40. The molecule has 1 aliphatic heterocycles. The number of nitrogens with one attached hydrogen (secondary N) is 2. The predicted molar refractivity (Wildman–Crippen MR) is 110 cm³/mol. The number of amides is 1. The highest BCUT2D eigenvalue weighted by atomic mass is 35.5. The zero-order chi connectivity index (χ0) is 22.1. The number of sulfonamides is 1. The van der Waals surface area contributed by atoms with Gasteiger partial charge in [-0.1, -0.05) is 11.6 Å². The van der Waals surface area contributed by atoms with Crippen molar-refractivity contribution < 1.29 is 22.3 Å². The first-order valence-electron chi connectivity index (χ1n) is 8.78. The fourth-order valence-corrected chi connectivity index (χ4v) is 4.53. The van der Waals surface area contributed by atoms with E-state index in [0.717, 1.165) is 12.3 Å². The van der Waals surface area contributed by atoms with E-state index in [-0.39, 0.29) is 10.8 Å². The van der Waals surface area contributed by atoms with Crippen LogP contribution in [0.3, 0.4) is 0 Å². The number of anilines is 1. The summed E-state index contributed by atoms with van der Waals surface area (Å²) in [5, 5.41) is 9.95. The molecule has 1 amide bonds. The van der Waals surface area contributed by atoms with E-state index in [1.807, 2.05) is 0 Å². The van der Waals surface area contributed by atoms with Crippen LogP contribution in [0.4, 0.5) is 10.1 Å². The lowest BCUT2D eigenvalue weighted by Gasteiger charge is -2.28. The van der Waals surface area contributed by atoms with Gasteiger partial charge in [0.25, 0.3) is 5.91 Å². The topological polar surface area (TPSA) is 138 Å². The van der Waals surface area contributed by atoms with E-state index in [9.17, 15) is 17.6 Å². The zero-order valence-corrected chi connectivity index (χ0v) is 17.4. The lowest BCUT2D eigenvalue weighted by atomic mass is 9.94. The van der Waals surface area contributed by atoms with Crippen LogP contribution in [0.1, 0.15) is 28.4 Å². The Morgan fingerprint density at radius 2 is 2.20 bits per heavy atom.